The molecule has 1 N–H and O–H groups in total. The van der Waals surface area contributed by atoms with Crippen molar-refractivity contribution in [2.45, 2.75) is 12.8 Å². The second kappa shape index (κ2) is 5.73. The fraction of sp³-hybridized carbons (Fsp3) is 0.429. The average Bonchev–Trinajstić information content (AvgIpc) is 2.91. The fourth-order valence-electron chi connectivity index (χ4n) is 2.20. The highest BCUT2D eigenvalue weighted by Crippen LogP contribution is 2.13. The fourth-order valence-corrected chi connectivity index (χ4v) is 2.20. The number of likely N-dealkylation sites (N-methyl/N-ethyl adjacent to an activating group) is 1. The number of benzene rings is 1. The maximum absolute atomic E-state index is 12.1. The Bertz CT molecular complexity index is 481. The highest BCUT2D eigenvalue weighted by molar-refractivity contribution is 5.96. The Morgan fingerprint density at radius 3 is 2.63 bits per heavy atom. The van der Waals surface area contributed by atoms with Crippen molar-refractivity contribution in [1.29, 1.82) is 0 Å². The molecule has 1 aromatic rings. The molecule has 1 aliphatic heterocycles. The van der Waals surface area contributed by atoms with Gasteiger partial charge in [0.2, 0.25) is 5.91 Å². The lowest BCUT2D eigenvalue weighted by molar-refractivity contribution is -0.130. The molecule has 0 radical (unpaired) electrons. The summed E-state index contributed by atoms with van der Waals surface area (Å²) in [6.45, 7) is 1.65. The topological polar surface area (TPSA) is 60.9 Å². The molecule has 5 heteroatoms. The van der Waals surface area contributed by atoms with Crippen molar-refractivity contribution in [3.05, 3.63) is 29.8 Å². The van der Waals surface area contributed by atoms with Crippen molar-refractivity contribution in [2.24, 2.45) is 0 Å². The number of amides is 2. The Morgan fingerprint density at radius 1 is 1.32 bits per heavy atom. The number of rotatable bonds is 3. The van der Waals surface area contributed by atoms with Gasteiger partial charge in [0.15, 0.2) is 0 Å². The number of phenols is 1. The molecule has 1 heterocycles. The number of likely N-dealkylation sites (tertiary alicyclic amines) is 1. The van der Waals surface area contributed by atoms with E-state index in [0.717, 1.165) is 25.9 Å². The molecule has 1 aliphatic rings. The molecule has 0 spiro atoms. The van der Waals surface area contributed by atoms with E-state index in [0.29, 0.717) is 5.56 Å². The lowest BCUT2D eigenvalue weighted by Crippen LogP contribution is -2.39. The quantitative estimate of drug-likeness (QED) is 0.887. The summed E-state index contributed by atoms with van der Waals surface area (Å²) in [7, 11) is 1.60. The highest BCUT2D eigenvalue weighted by atomic mass is 16.3. The van der Waals surface area contributed by atoms with E-state index in [4.69, 9.17) is 0 Å². The van der Waals surface area contributed by atoms with E-state index in [9.17, 15) is 14.7 Å². The Morgan fingerprint density at radius 2 is 2.00 bits per heavy atom. The molecule has 2 amide bonds. The van der Waals surface area contributed by atoms with E-state index in [1.165, 1.54) is 17.0 Å². The average molecular weight is 262 g/mol. The van der Waals surface area contributed by atoms with Crippen molar-refractivity contribution >= 4 is 11.8 Å². The molecular weight excluding hydrogens is 244 g/mol. The number of phenolic OH excluding ortho intramolecular Hbond substituents is 1. The molecule has 5 nitrogen and oxygen atoms in total. The van der Waals surface area contributed by atoms with Gasteiger partial charge in [0.25, 0.3) is 5.91 Å². The SMILES string of the molecule is CN(CC(=O)N1CCCC1)C(=O)c1cccc(O)c1. The summed E-state index contributed by atoms with van der Waals surface area (Å²) >= 11 is 0. The van der Waals surface area contributed by atoms with Crippen LogP contribution in [-0.2, 0) is 4.79 Å². The van der Waals surface area contributed by atoms with Crippen LogP contribution in [0.25, 0.3) is 0 Å². The molecule has 1 fully saturated rings. The maximum atomic E-state index is 12.1. The Hall–Kier alpha value is -2.04. The van der Waals surface area contributed by atoms with Gasteiger partial charge >= 0.3 is 0 Å². The third-order valence-corrected chi connectivity index (χ3v) is 3.27. The van der Waals surface area contributed by atoms with Gasteiger partial charge in [-0.2, -0.15) is 0 Å². The molecule has 0 atom stereocenters. The molecule has 0 aliphatic carbocycles. The Labute approximate surface area is 112 Å². The van der Waals surface area contributed by atoms with E-state index in [1.54, 1.807) is 24.1 Å². The van der Waals surface area contributed by atoms with Gasteiger partial charge in [-0.05, 0) is 31.0 Å². The number of carbonyl (C=O) groups excluding carboxylic acids is 2. The molecular formula is C14H18N2O3. The Kier molecular flexibility index (Phi) is 4.04. The molecule has 0 unspecified atom stereocenters. The van der Waals surface area contributed by atoms with Crippen LogP contribution in [0.4, 0.5) is 0 Å². The van der Waals surface area contributed by atoms with Crippen molar-refractivity contribution in [2.75, 3.05) is 26.7 Å². The third-order valence-electron chi connectivity index (χ3n) is 3.27. The minimum absolute atomic E-state index is 0.0199. The molecule has 1 aromatic carbocycles. The van der Waals surface area contributed by atoms with Crippen molar-refractivity contribution in [3.8, 4) is 5.75 Å². The van der Waals surface area contributed by atoms with Gasteiger partial charge in [-0.15, -0.1) is 0 Å². The van der Waals surface area contributed by atoms with E-state index >= 15 is 0 Å². The monoisotopic (exact) mass is 262 g/mol. The second-order valence-electron chi connectivity index (χ2n) is 4.80. The minimum Gasteiger partial charge on any atom is -0.508 e. The molecule has 0 aromatic heterocycles. The minimum atomic E-state index is -0.261. The first-order chi connectivity index (χ1) is 9.08. The first-order valence-electron chi connectivity index (χ1n) is 6.40. The molecule has 0 bridgehead atoms. The smallest absolute Gasteiger partial charge is 0.254 e. The number of aromatic hydroxyl groups is 1. The maximum Gasteiger partial charge on any atom is 0.254 e. The predicted octanol–water partition coefficient (Wildman–Crippen LogP) is 1.09. The summed E-state index contributed by atoms with van der Waals surface area (Å²) in [4.78, 5) is 27.2. The lowest BCUT2D eigenvalue weighted by atomic mass is 10.2. The predicted molar refractivity (Wildman–Crippen MR) is 70.9 cm³/mol. The van der Waals surface area contributed by atoms with Crippen LogP contribution in [0.15, 0.2) is 24.3 Å². The van der Waals surface area contributed by atoms with Crippen molar-refractivity contribution < 1.29 is 14.7 Å². The molecule has 1 saturated heterocycles. The van der Waals surface area contributed by atoms with Crippen molar-refractivity contribution in [1.82, 2.24) is 9.80 Å². The lowest BCUT2D eigenvalue weighted by Gasteiger charge is -2.21. The van der Waals surface area contributed by atoms with Crippen LogP contribution >= 0.6 is 0 Å². The zero-order chi connectivity index (χ0) is 13.8. The van der Waals surface area contributed by atoms with Gasteiger partial charge in [-0.1, -0.05) is 6.07 Å². The van der Waals surface area contributed by atoms with Crippen LogP contribution in [0, 0.1) is 0 Å². The molecule has 19 heavy (non-hydrogen) atoms. The summed E-state index contributed by atoms with van der Waals surface area (Å²) in [5.41, 5.74) is 0.386. The summed E-state index contributed by atoms with van der Waals surface area (Å²) in [5.74, 6) is -0.234. The standard InChI is InChI=1S/C14H18N2O3/c1-15(10-13(18)16-7-2-3-8-16)14(19)11-5-4-6-12(17)9-11/h4-6,9,17H,2-3,7-8,10H2,1H3. The number of nitrogens with zero attached hydrogens (tertiary/aromatic N) is 2. The van der Waals surface area contributed by atoms with Gasteiger partial charge in [0.05, 0.1) is 6.54 Å². The number of hydrogen-bond acceptors (Lipinski definition) is 3. The normalized spacial score (nSPS) is 14.5. The van der Waals surface area contributed by atoms with E-state index in [2.05, 4.69) is 0 Å². The zero-order valence-electron chi connectivity index (χ0n) is 11.0. The van der Waals surface area contributed by atoms with Crippen LogP contribution in [0.1, 0.15) is 23.2 Å². The first kappa shape index (κ1) is 13.4. The zero-order valence-corrected chi connectivity index (χ0v) is 11.0. The summed E-state index contributed by atoms with van der Waals surface area (Å²) in [5, 5.41) is 9.35. The second-order valence-corrected chi connectivity index (χ2v) is 4.80. The van der Waals surface area contributed by atoms with Gasteiger partial charge in [-0.3, -0.25) is 9.59 Å². The molecule has 0 saturated carbocycles. The van der Waals surface area contributed by atoms with E-state index in [1.807, 2.05) is 0 Å². The van der Waals surface area contributed by atoms with Crippen LogP contribution in [0.2, 0.25) is 0 Å². The van der Waals surface area contributed by atoms with Gasteiger partial charge < -0.3 is 14.9 Å². The summed E-state index contributed by atoms with van der Waals surface area (Å²) in [6, 6.07) is 6.14. The van der Waals surface area contributed by atoms with E-state index < -0.39 is 0 Å². The summed E-state index contributed by atoms with van der Waals surface area (Å²) < 4.78 is 0. The Balaban J connectivity index is 1.97. The van der Waals surface area contributed by atoms with E-state index in [-0.39, 0.29) is 24.1 Å². The largest absolute Gasteiger partial charge is 0.508 e. The highest BCUT2D eigenvalue weighted by Gasteiger charge is 2.21. The first-order valence-corrected chi connectivity index (χ1v) is 6.40. The molecule has 102 valence electrons. The number of carbonyl (C=O) groups is 2. The van der Waals surface area contributed by atoms with Crippen LogP contribution in [-0.4, -0.2) is 53.4 Å². The van der Waals surface area contributed by atoms with Gasteiger partial charge in [-0.25, -0.2) is 0 Å². The van der Waals surface area contributed by atoms with Crippen LogP contribution in [0.5, 0.6) is 5.75 Å². The van der Waals surface area contributed by atoms with Gasteiger partial charge in [0, 0.05) is 25.7 Å². The summed E-state index contributed by atoms with van der Waals surface area (Å²) in [6.07, 6.45) is 2.08. The number of hydrogen-bond donors (Lipinski definition) is 1. The third kappa shape index (κ3) is 3.24. The van der Waals surface area contributed by atoms with Crippen LogP contribution < -0.4 is 0 Å². The van der Waals surface area contributed by atoms with Gasteiger partial charge in [0.1, 0.15) is 5.75 Å². The van der Waals surface area contributed by atoms with Crippen molar-refractivity contribution in [3.63, 3.8) is 0 Å². The van der Waals surface area contributed by atoms with Crippen LogP contribution in [0.3, 0.4) is 0 Å². The molecule has 2 rings (SSSR count).